The van der Waals surface area contributed by atoms with Gasteiger partial charge in [0.05, 0.1) is 6.61 Å². The van der Waals surface area contributed by atoms with Gasteiger partial charge in [0, 0.05) is 19.6 Å². The molecule has 1 aliphatic carbocycles. The predicted molar refractivity (Wildman–Crippen MR) is 55.2 cm³/mol. The van der Waals surface area contributed by atoms with Crippen molar-refractivity contribution in [2.75, 3.05) is 13.7 Å². The number of methoxy groups -OCH3 is 1. The largest absolute Gasteiger partial charge is 0.383 e. The first kappa shape index (κ1) is 11.5. The van der Waals surface area contributed by atoms with Crippen LogP contribution in [-0.4, -0.2) is 36.9 Å². The van der Waals surface area contributed by atoms with Crippen molar-refractivity contribution in [3.8, 4) is 0 Å². The first-order valence-corrected chi connectivity index (χ1v) is 6.53. The summed E-state index contributed by atoms with van der Waals surface area (Å²) in [7, 11) is -2.26. The van der Waals surface area contributed by atoms with Gasteiger partial charge >= 0.3 is 0 Å². The second-order valence-electron chi connectivity index (χ2n) is 3.80. The molecule has 0 unspecified atom stereocenters. The zero-order valence-electron chi connectivity index (χ0n) is 8.96. The molecule has 0 radical (unpaired) electrons. The molecule has 0 bridgehead atoms. The standard InChI is InChI=1S/C8H14N4O3S/c1-15-5-4-12-7(6-2-3-6)10-11-8(12)16(9,13)14/h6H,2-5H2,1H3,(H2,9,13,14). The summed E-state index contributed by atoms with van der Waals surface area (Å²) in [6, 6.07) is 0. The van der Waals surface area contributed by atoms with Gasteiger partial charge in [-0.05, 0) is 12.8 Å². The van der Waals surface area contributed by atoms with Crippen LogP contribution in [0.3, 0.4) is 0 Å². The minimum absolute atomic E-state index is 0.175. The van der Waals surface area contributed by atoms with Crippen LogP contribution in [0, 0.1) is 0 Å². The lowest BCUT2D eigenvalue weighted by atomic mass is 10.4. The topological polar surface area (TPSA) is 100 Å². The van der Waals surface area contributed by atoms with Crippen molar-refractivity contribution < 1.29 is 13.2 Å². The Morgan fingerprint density at radius 2 is 2.19 bits per heavy atom. The number of nitrogens with zero attached hydrogens (tertiary/aromatic N) is 3. The van der Waals surface area contributed by atoms with Crippen molar-refractivity contribution in [3.05, 3.63) is 5.82 Å². The molecule has 1 aliphatic rings. The number of ether oxygens (including phenoxy) is 1. The fraction of sp³-hybridized carbons (Fsp3) is 0.750. The molecule has 7 nitrogen and oxygen atoms in total. The SMILES string of the molecule is COCCn1c(C2CC2)nnc1S(N)(=O)=O. The van der Waals surface area contributed by atoms with E-state index in [2.05, 4.69) is 10.2 Å². The molecule has 0 aliphatic heterocycles. The number of hydrogen-bond acceptors (Lipinski definition) is 5. The maximum atomic E-state index is 11.3. The first-order valence-electron chi connectivity index (χ1n) is 4.99. The lowest BCUT2D eigenvalue weighted by Crippen LogP contribution is -2.20. The molecule has 0 amide bonds. The summed E-state index contributed by atoms with van der Waals surface area (Å²) in [6.07, 6.45) is 2.05. The predicted octanol–water partition coefficient (Wildman–Crippen LogP) is -0.551. The van der Waals surface area contributed by atoms with Crippen molar-refractivity contribution in [2.45, 2.75) is 30.5 Å². The van der Waals surface area contributed by atoms with Gasteiger partial charge < -0.3 is 4.74 Å². The van der Waals surface area contributed by atoms with Crippen LogP contribution in [0.5, 0.6) is 0 Å². The van der Waals surface area contributed by atoms with Crippen LogP contribution in [0.1, 0.15) is 24.6 Å². The Morgan fingerprint density at radius 1 is 1.50 bits per heavy atom. The minimum atomic E-state index is -3.82. The van der Waals surface area contributed by atoms with Crippen LogP contribution in [-0.2, 0) is 21.3 Å². The van der Waals surface area contributed by atoms with E-state index in [0.717, 1.165) is 12.8 Å². The van der Waals surface area contributed by atoms with Gasteiger partial charge in [0.25, 0.3) is 15.2 Å². The van der Waals surface area contributed by atoms with Gasteiger partial charge in [-0.25, -0.2) is 13.6 Å². The fourth-order valence-corrected chi connectivity index (χ4v) is 2.19. The van der Waals surface area contributed by atoms with E-state index in [1.54, 1.807) is 7.11 Å². The average molecular weight is 246 g/mol. The summed E-state index contributed by atoms with van der Waals surface area (Å²) in [4.78, 5) is 0. The Kier molecular flexibility index (Phi) is 2.96. The molecule has 1 aromatic rings. The van der Waals surface area contributed by atoms with E-state index < -0.39 is 10.0 Å². The summed E-state index contributed by atoms with van der Waals surface area (Å²) in [5.41, 5.74) is 0. The zero-order chi connectivity index (χ0) is 11.8. The number of sulfonamides is 1. The van der Waals surface area contributed by atoms with E-state index >= 15 is 0 Å². The van der Waals surface area contributed by atoms with Crippen LogP contribution >= 0.6 is 0 Å². The highest BCUT2D eigenvalue weighted by Gasteiger charge is 2.32. The summed E-state index contributed by atoms with van der Waals surface area (Å²) in [5.74, 6) is 1.01. The molecule has 1 aromatic heterocycles. The normalized spacial score (nSPS) is 16.6. The molecule has 0 spiro atoms. The van der Waals surface area contributed by atoms with E-state index in [-0.39, 0.29) is 5.16 Å². The number of hydrogen-bond donors (Lipinski definition) is 1. The highest BCUT2D eigenvalue weighted by Crippen LogP contribution is 2.39. The quantitative estimate of drug-likeness (QED) is 0.751. The molecule has 8 heteroatoms. The van der Waals surface area contributed by atoms with Crippen molar-refractivity contribution in [2.24, 2.45) is 5.14 Å². The second-order valence-corrected chi connectivity index (χ2v) is 5.26. The molecule has 16 heavy (non-hydrogen) atoms. The number of nitrogens with two attached hydrogens (primary N) is 1. The van der Waals surface area contributed by atoms with Crippen molar-refractivity contribution in [1.29, 1.82) is 0 Å². The minimum Gasteiger partial charge on any atom is -0.383 e. The summed E-state index contributed by atoms with van der Waals surface area (Å²) in [5, 5.41) is 12.4. The Bertz CT molecular complexity index is 477. The van der Waals surface area contributed by atoms with E-state index in [1.807, 2.05) is 0 Å². The third-order valence-corrected chi connectivity index (χ3v) is 3.27. The first-order chi connectivity index (χ1) is 7.54. The number of rotatable bonds is 5. The second kappa shape index (κ2) is 4.11. The monoisotopic (exact) mass is 246 g/mol. The molecule has 0 saturated heterocycles. The summed E-state index contributed by atoms with van der Waals surface area (Å²) < 4.78 is 29.0. The average Bonchev–Trinajstić information content (AvgIpc) is 2.94. The lowest BCUT2D eigenvalue weighted by molar-refractivity contribution is 0.183. The van der Waals surface area contributed by atoms with E-state index in [1.165, 1.54) is 4.57 Å². The molecular formula is C8H14N4O3S. The maximum Gasteiger partial charge on any atom is 0.273 e. The smallest absolute Gasteiger partial charge is 0.273 e. The number of primary sulfonamides is 1. The molecule has 1 saturated carbocycles. The van der Waals surface area contributed by atoms with Gasteiger partial charge in [-0.1, -0.05) is 0 Å². The van der Waals surface area contributed by atoms with E-state index in [4.69, 9.17) is 9.88 Å². The van der Waals surface area contributed by atoms with Crippen molar-refractivity contribution in [3.63, 3.8) is 0 Å². The Balaban J connectivity index is 2.37. The van der Waals surface area contributed by atoms with Gasteiger partial charge in [-0.2, -0.15) is 0 Å². The van der Waals surface area contributed by atoms with Crippen LogP contribution in [0.15, 0.2) is 5.16 Å². The van der Waals surface area contributed by atoms with Crippen LogP contribution in [0.2, 0.25) is 0 Å². The Morgan fingerprint density at radius 3 is 2.69 bits per heavy atom. The molecular weight excluding hydrogens is 232 g/mol. The van der Waals surface area contributed by atoms with Gasteiger partial charge in [0.2, 0.25) is 0 Å². The molecule has 2 N–H and O–H groups in total. The third kappa shape index (κ3) is 2.23. The van der Waals surface area contributed by atoms with Gasteiger partial charge in [0.15, 0.2) is 0 Å². The van der Waals surface area contributed by atoms with Crippen LogP contribution < -0.4 is 5.14 Å². The molecule has 1 fully saturated rings. The highest BCUT2D eigenvalue weighted by molar-refractivity contribution is 7.89. The maximum absolute atomic E-state index is 11.3. The molecule has 0 atom stereocenters. The van der Waals surface area contributed by atoms with Crippen molar-refractivity contribution in [1.82, 2.24) is 14.8 Å². The summed E-state index contributed by atoms with van der Waals surface area (Å²) >= 11 is 0. The summed E-state index contributed by atoms with van der Waals surface area (Å²) in [6.45, 7) is 0.807. The third-order valence-electron chi connectivity index (χ3n) is 2.46. The van der Waals surface area contributed by atoms with Crippen LogP contribution in [0.4, 0.5) is 0 Å². The zero-order valence-corrected chi connectivity index (χ0v) is 9.77. The lowest BCUT2D eigenvalue weighted by Gasteiger charge is -2.07. The van der Waals surface area contributed by atoms with Crippen molar-refractivity contribution >= 4 is 10.0 Å². The number of aromatic nitrogens is 3. The Hall–Kier alpha value is -0.990. The highest BCUT2D eigenvalue weighted by atomic mass is 32.2. The molecule has 0 aromatic carbocycles. The van der Waals surface area contributed by atoms with Gasteiger partial charge in [-0.15, -0.1) is 10.2 Å². The molecule has 2 rings (SSSR count). The van der Waals surface area contributed by atoms with E-state index in [0.29, 0.717) is 24.9 Å². The molecule has 90 valence electrons. The van der Waals surface area contributed by atoms with Gasteiger partial charge in [0.1, 0.15) is 5.82 Å². The fourth-order valence-electron chi connectivity index (χ4n) is 1.55. The van der Waals surface area contributed by atoms with Crippen LogP contribution in [0.25, 0.3) is 0 Å². The van der Waals surface area contributed by atoms with Gasteiger partial charge in [-0.3, -0.25) is 4.57 Å². The van der Waals surface area contributed by atoms with E-state index in [9.17, 15) is 8.42 Å². The Labute approximate surface area is 93.7 Å². The molecule has 1 heterocycles.